The normalized spacial score (nSPS) is 18.2. The van der Waals surface area contributed by atoms with Gasteiger partial charge in [-0.3, -0.25) is 0 Å². The van der Waals surface area contributed by atoms with Crippen LogP contribution < -0.4 is 10.1 Å². The first-order valence-electron chi connectivity index (χ1n) is 8.06. The number of sulfonamides is 1. The molecule has 1 N–H and O–H groups in total. The number of ether oxygens (including phenoxy) is 1. The van der Waals surface area contributed by atoms with Gasteiger partial charge in [0.1, 0.15) is 16.5 Å². The molecule has 0 radical (unpaired) electrons. The highest BCUT2D eigenvalue weighted by molar-refractivity contribution is 7.89. The van der Waals surface area contributed by atoms with E-state index in [4.69, 9.17) is 4.74 Å². The van der Waals surface area contributed by atoms with Crippen LogP contribution in [0.5, 0.6) is 5.75 Å². The van der Waals surface area contributed by atoms with Crippen molar-refractivity contribution in [3.05, 3.63) is 59.4 Å². The summed E-state index contributed by atoms with van der Waals surface area (Å²) in [6.07, 6.45) is 0. The molecule has 0 saturated carbocycles. The third-order valence-corrected chi connectivity index (χ3v) is 6.26. The molecule has 0 bridgehead atoms. The van der Waals surface area contributed by atoms with Crippen molar-refractivity contribution < 1.29 is 17.5 Å². The molecule has 26 heavy (non-hydrogen) atoms. The van der Waals surface area contributed by atoms with Gasteiger partial charge in [-0.2, -0.15) is 4.31 Å². The Bertz CT molecular complexity index is 876. The highest BCUT2D eigenvalue weighted by Gasteiger charge is 2.36. The van der Waals surface area contributed by atoms with Gasteiger partial charge in [-0.1, -0.05) is 18.2 Å². The van der Waals surface area contributed by atoms with Gasteiger partial charge in [0.25, 0.3) is 0 Å². The van der Waals surface area contributed by atoms with Crippen LogP contribution in [0.1, 0.15) is 17.2 Å². The summed E-state index contributed by atoms with van der Waals surface area (Å²) in [7, 11) is -2.34. The highest BCUT2D eigenvalue weighted by atomic mass is 35.5. The molecule has 0 spiro atoms. The second-order valence-electron chi connectivity index (χ2n) is 6.04. The minimum atomic E-state index is -3.79. The lowest BCUT2D eigenvalue weighted by molar-refractivity contribution is 0.270. The monoisotopic (exact) mass is 400 g/mol. The molecule has 1 saturated heterocycles. The molecule has 1 aliphatic rings. The maximum absolute atomic E-state index is 13.6. The Balaban J connectivity index is 0.00000243. The zero-order chi connectivity index (χ0) is 18.0. The van der Waals surface area contributed by atoms with E-state index >= 15 is 0 Å². The number of nitrogens with zero attached hydrogens (tertiary/aromatic N) is 1. The molecule has 8 heteroatoms. The van der Waals surface area contributed by atoms with Crippen LogP contribution >= 0.6 is 12.4 Å². The molecule has 1 heterocycles. The number of methoxy groups -OCH3 is 1. The summed E-state index contributed by atoms with van der Waals surface area (Å²) in [5.41, 5.74) is 1.46. The van der Waals surface area contributed by atoms with E-state index < -0.39 is 16.1 Å². The van der Waals surface area contributed by atoms with Gasteiger partial charge in [-0.15, -0.1) is 12.4 Å². The summed E-state index contributed by atoms with van der Waals surface area (Å²) in [4.78, 5) is 0.137. The third kappa shape index (κ3) is 4.01. The number of halogens is 2. The van der Waals surface area contributed by atoms with E-state index in [-0.39, 0.29) is 23.1 Å². The van der Waals surface area contributed by atoms with Crippen LogP contribution in [0.4, 0.5) is 4.39 Å². The molecule has 1 atom stereocenters. The van der Waals surface area contributed by atoms with Crippen LogP contribution in [-0.4, -0.2) is 39.5 Å². The Morgan fingerprint density at radius 2 is 2.00 bits per heavy atom. The SMILES string of the molecule is COc1ccc(C)cc1S(=O)(=O)N1CCNCC1c1cccc(F)c1.Cl. The molecule has 3 rings (SSSR count). The fourth-order valence-electron chi connectivity index (χ4n) is 3.08. The van der Waals surface area contributed by atoms with E-state index in [0.717, 1.165) is 5.56 Å². The number of rotatable bonds is 4. The van der Waals surface area contributed by atoms with Gasteiger partial charge in [0.15, 0.2) is 0 Å². The number of benzene rings is 2. The fourth-order valence-corrected chi connectivity index (χ4v) is 4.94. The van der Waals surface area contributed by atoms with Crippen molar-refractivity contribution in [2.24, 2.45) is 0 Å². The molecule has 2 aromatic carbocycles. The minimum absolute atomic E-state index is 0. The Morgan fingerprint density at radius 1 is 1.23 bits per heavy atom. The van der Waals surface area contributed by atoms with Gasteiger partial charge < -0.3 is 10.1 Å². The van der Waals surface area contributed by atoms with Gasteiger partial charge in [0.2, 0.25) is 10.0 Å². The van der Waals surface area contributed by atoms with Crippen LogP contribution in [0.2, 0.25) is 0 Å². The van der Waals surface area contributed by atoms with Crippen molar-refractivity contribution in [3.63, 3.8) is 0 Å². The van der Waals surface area contributed by atoms with Crippen molar-refractivity contribution in [3.8, 4) is 5.75 Å². The van der Waals surface area contributed by atoms with Crippen LogP contribution in [-0.2, 0) is 10.0 Å². The van der Waals surface area contributed by atoms with Gasteiger partial charge in [-0.25, -0.2) is 12.8 Å². The third-order valence-electron chi connectivity index (χ3n) is 4.33. The summed E-state index contributed by atoms with van der Waals surface area (Å²) in [6, 6.07) is 10.7. The molecule has 5 nitrogen and oxygen atoms in total. The molecule has 1 unspecified atom stereocenters. The molecule has 0 aromatic heterocycles. The number of nitrogens with one attached hydrogen (secondary N) is 1. The first kappa shape index (κ1) is 20.6. The first-order valence-corrected chi connectivity index (χ1v) is 9.50. The summed E-state index contributed by atoms with van der Waals surface area (Å²) in [5, 5.41) is 3.19. The lowest BCUT2D eigenvalue weighted by atomic mass is 10.1. The van der Waals surface area contributed by atoms with Crippen molar-refractivity contribution >= 4 is 22.4 Å². The standard InChI is InChI=1S/C18H21FN2O3S.ClH/c1-13-6-7-17(24-2)18(10-13)25(22,23)21-9-8-20-12-16(21)14-4-3-5-15(19)11-14;/h3-7,10-11,16,20H,8-9,12H2,1-2H3;1H. The van der Waals surface area contributed by atoms with Crippen LogP contribution in [0.3, 0.4) is 0 Å². The Hall–Kier alpha value is -1.67. The largest absolute Gasteiger partial charge is 0.495 e. The van der Waals surface area contributed by atoms with E-state index in [2.05, 4.69) is 5.32 Å². The Labute approximate surface area is 159 Å². The predicted octanol–water partition coefficient (Wildman–Crippen LogP) is 2.90. The number of hydrogen-bond donors (Lipinski definition) is 1. The Kier molecular flexibility index (Phi) is 6.63. The number of aryl methyl sites for hydroxylation is 1. The smallest absolute Gasteiger partial charge is 0.247 e. The Morgan fingerprint density at radius 3 is 2.69 bits per heavy atom. The number of piperazine rings is 1. The minimum Gasteiger partial charge on any atom is -0.495 e. The second kappa shape index (κ2) is 8.35. The average molecular weight is 401 g/mol. The van der Waals surface area contributed by atoms with Crippen LogP contribution in [0, 0.1) is 12.7 Å². The van der Waals surface area contributed by atoms with Gasteiger partial charge >= 0.3 is 0 Å². The molecule has 0 aliphatic carbocycles. The average Bonchev–Trinajstić information content (AvgIpc) is 2.61. The maximum atomic E-state index is 13.6. The predicted molar refractivity (Wildman–Crippen MR) is 101 cm³/mol. The molecule has 1 fully saturated rings. The molecular weight excluding hydrogens is 379 g/mol. The summed E-state index contributed by atoms with van der Waals surface area (Å²) in [5.74, 6) is -0.0734. The maximum Gasteiger partial charge on any atom is 0.247 e. The van der Waals surface area contributed by atoms with Crippen molar-refractivity contribution in [1.29, 1.82) is 0 Å². The van der Waals surface area contributed by atoms with Crippen molar-refractivity contribution in [1.82, 2.24) is 9.62 Å². The molecular formula is C18H22ClFN2O3S. The second-order valence-corrected chi connectivity index (χ2v) is 7.90. The number of hydrogen-bond acceptors (Lipinski definition) is 4. The lowest BCUT2D eigenvalue weighted by Gasteiger charge is -2.35. The van der Waals surface area contributed by atoms with Crippen LogP contribution in [0.15, 0.2) is 47.4 Å². The van der Waals surface area contributed by atoms with E-state index in [0.29, 0.717) is 30.9 Å². The quantitative estimate of drug-likeness (QED) is 0.857. The van der Waals surface area contributed by atoms with Crippen molar-refractivity contribution in [2.45, 2.75) is 17.9 Å². The fraction of sp³-hybridized carbons (Fsp3) is 0.333. The van der Waals surface area contributed by atoms with E-state index in [1.54, 1.807) is 30.3 Å². The highest BCUT2D eigenvalue weighted by Crippen LogP contribution is 2.33. The summed E-state index contributed by atoms with van der Waals surface area (Å²) in [6.45, 7) is 3.11. The van der Waals surface area contributed by atoms with Crippen LogP contribution in [0.25, 0.3) is 0 Å². The van der Waals surface area contributed by atoms with E-state index in [1.165, 1.54) is 23.5 Å². The van der Waals surface area contributed by atoms with Gasteiger partial charge in [-0.05, 0) is 42.3 Å². The zero-order valence-electron chi connectivity index (χ0n) is 14.6. The molecule has 0 amide bonds. The van der Waals surface area contributed by atoms with E-state index in [9.17, 15) is 12.8 Å². The molecule has 1 aliphatic heterocycles. The summed E-state index contributed by atoms with van der Waals surface area (Å²) < 4.78 is 46.9. The van der Waals surface area contributed by atoms with Gasteiger partial charge in [0.05, 0.1) is 13.2 Å². The topological polar surface area (TPSA) is 58.6 Å². The van der Waals surface area contributed by atoms with E-state index in [1.807, 2.05) is 6.92 Å². The molecule has 2 aromatic rings. The first-order chi connectivity index (χ1) is 11.9. The zero-order valence-corrected chi connectivity index (χ0v) is 16.2. The summed E-state index contributed by atoms with van der Waals surface area (Å²) >= 11 is 0. The van der Waals surface area contributed by atoms with Gasteiger partial charge in [0, 0.05) is 19.6 Å². The lowest BCUT2D eigenvalue weighted by Crippen LogP contribution is -2.48. The molecule has 142 valence electrons. The van der Waals surface area contributed by atoms with Crippen molar-refractivity contribution in [2.75, 3.05) is 26.7 Å².